The third-order valence-electron chi connectivity index (χ3n) is 2.28. The van der Waals surface area contributed by atoms with Gasteiger partial charge >= 0.3 is 5.97 Å². The van der Waals surface area contributed by atoms with Gasteiger partial charge in [0.15, 0.2) is 0 Å². The number of hydrogen-bond acceptors (Lipinski definition) is 4. The van der Waals surface area contributed by atoms with Gasteiger partial charge in [-0.05, 0) is 25.1 Å². The van der Waals surface area contributed by atoms with Crippen LogP contribution < -0.4 is 5.73 Å². The summed E-state index contributed by atoms with van der Waals surface area (Å²) in [6.45, 7) is 1.81. The maximum absolute atomic E-state index is 10.9. The van der Waals surface area contributed by atoms with E-state index in [0.717, 1.165) is 5.69 Å². The maximum atomic E-state index is 10.9. The number of rotatable bonds is 2. The highest BCUT2D eigenvalue weighted by Gasteiger charge is 2.07. The molecule has 1 aromatic heterocycles. The molecule has 0 amide bonds. The fourth-order valence-electron chi connectivity index (χ4n) is 1.55. The lowest BCUT2D eigenvalue weighted by atomic mass is 10.1. The van der Waals surface area contributed by atoms with Gasteiger partial charge in [-0.15, -0.1) is 0 Å². The van der Waals surface area contributed by atoms with E-state index < -0.39 is 5.97 Å². The predicted octanol–water partition coefficient (Wildman–Crippen LogP) is 1.73. The van der Waals surface area contributed by atoms with Gasteiger partial charge in [0.25, 0.3) is 0 Å². The van der Waals surface area contributed by atoms with E-state index in [2.05, 4.69) is 9.97 Å². The van der Waals surface area contributed by atoms with E-state index in [1.165, 1.54) is 6.07 Å². The normalized spacial score (nSPS) is 10.2. The molecule has 1 aromatic carbocycles. The van der Waals surface area contributed by atoms with Crippen LogP contribution in [0.15, 0.2) is 30.3 Å². The summed E-state index contributed by atoms with van der Waals surface area (Å²) >= 11 is 0. The second kappa shape index (κ2) is 4.21. The van der Waals surface area contributed by atoms with Gasteiger partial charge in [-0.25, -0.2) is 14.8 Å². The summed E-state index contributed by atoms with van der Waals surface area (Å²) in [7, 11) is 0. The van der Waals surface area contributed by atoms with Crippen molar-refractivity contribution in [3.63, 3.8) is 0 Å². The topological polar surface area (TPSA) is 89.1 Å². The molecule has 0 saturated carbocycles. The van der Waals surface area contributed by atoms with E-state index in [1.807, 2.05) is 6.92 Å². The molecular weight excluding hydrogens is 218 g/mol. The largest absolute Gasteiger partial charge is 0.478 e. The molecule has 17 heavy (non-hydrogen) atoms. The Hall–Kier alpha value is -2.43. The predicted molar refractivity (Wildman–Crippen MR) is 63.6 cm³/mol. The van der Waals surface area contributed by atoms with Crippen LogP contribution in [0.3, 0.4) is 0 Å². The molecule has 2 rings (SSSR count). The van der Waals surface area contributed by atoms with Crippen molar-refractivity contribution in [2.24, 2.45) is 0 Å². The first-order valence-electron chi connectivity index (χ1n) is 5.01. The second-order valence-electron chi connectivity index (χ2n) is 3.64. The summed E-state index contributed by atoms with van der Waals surface area (Å²) < 4.78 is 0. The average Bonchev–Trinajstić information content (AvgIpc) is 2.28. The lowest BCUT2D eigenvalue weighted by Gasteiger charge is -2.04. The number of carboxylic acids is 1. The zero-order chi connectivity index (χ0) is 12.4. The number of nitrogens with zero attached hydrogens (tertiary/aromatic N) is 2. The number of anilines is 1. The first kappa shape index (κ1) is 11.1. The Labute approximate surface area is 98.0 Å². The van der Waals surface area contributed by atoms with Crippen LogP contribution in [0.4, 0.5) is 5.95 Å². The molecule has 5 heteroatoms. The Kier molecular flexibility index (Phi) is 2.74. The number of carboxylic acid groups (broad SMARTS) is 1. The summed E-state index contributed by atoms with van der Waals surface area (Å²) in [5.41, 5.74) is 7.85. The van der Waals surface area contributed by atoms with Gasteiger partial charge in [-0.3, -0.25) is 0 Å². The van der Waals surface area contributed by atoms with Crippen molar-refractivity contribution in [2.45, 2.75) is 6.92 Å². The minimum atomic E-state index is -0.967. The standard InChI is InChI=1S/C12H11N3O2/c1-7-5-10(15-12(13)14-7)8-3-2-4-9(6-8)11(16)17/h2-6H,1H3,(H,16,17)(H2,13,14,15). The zero-order valence-electron chi connectivity index (χ0n) is 9.21. The number of carbonyl (C=O) groups is 1. The fraction of sp³-hybridized carbons (Fsp3) is 0.0833. The van der Waals surface area contributed by atoms with E-state index in [1.54, 1.807) is 24.3 Å². The number of hydrogen-bond donors (Lipinski definition) is 2. The first-order valence-corrected chi connectivity index (χ1v) is 5.01. The van der Waals surface area contributed by atoms with Crippen molar-refractivity contribution in [1.29, 1.82) is 0 Å². The van der Waals surface area contributed by atoms with Crippen molar-refractivity contribution < 1.29 is 9.90 Å². The Balaban J connectivity index is 2.52. The van der Waals surface area contributed by atoms with Gasteiger partial charge in [-0.1, -0.05) is 12.1 Å². The van der Waals surface area contributed by atoms with Crippen LogP contribution in [0, 0.1) is 6.92 Å². The molecule has 0 aliphatic rings. The highest BCUT2D eigenvalue weighted by Crippen LogP contribution is 2.19. The zero-order valence-corrected chi connectivity index (χ0v) is 9.21. The molecule has 0 radical (unpaired) electrons. The van der Waals surface area contributed by atoms with Gasteiger partial charge in [0.05, 0.1) is 11.3 Å². The lowest BCUT2D eigenvalue weighted by Crippen LogP contribution is -2.00. The van der Waals surface area contributed by atoms with Crippen molar-refractivity contribution in [1.82, 2.24) is 9.97 Å². The van der Waals surface area contributed by atoms with Crippen LogP contribution in [-0.4, -0.2) is 21.0 Å². The number of nitrogens with two attached hydrogens (primary N) is 1. The molecule has 0 atom stereocenters. The number of aromatic nitrogens is 2. The third kappa shape index (κ3) is 2.39. The number of nitrogen functional groups attached to an aromatic ring is 1. The number of aryl methyl sites for hydroxylation is 1. The summed E-state index contributed by atoms with van der Waals surface area (Å²) in [4.78, 5) is 18.9. The smallest absolute Gasteiger partial charge is 0.335 e. The quantitative estimate of drug-likeness (QED) is 0.818. The Bertz CT molecular complexity index is 561. The monoisotopic (exact) mass is 229 g/mol. The molecule has 0 fully saturated rings. The Morgan fingerprint density at radius 2 is 2.06 bits per heavy atom. The van der Waals surface area contributed by atoms with Crippen LogP contribution >= 0.6 is 0 Å². The fourth-order valence-corrected chi connectivity index (χ4v) is 1.55. The van der Waals surface area contributed by atoms with Gasteiger partial charge in [0, 0.05) is 11.3 Å². The second-order valence-corrected chi connectivity index (χ2v) is 3.64. The molecule has 0 spiro atoms. The third-order valence-corrected chi connectivity index (χ3v) is 2.28. The minimum absolute atomic E-state index is 0.181. The summed E-state index contributed by atoms with van der Waals surface area (Å²) in [6.07, 6.45) is 0. The highest BCUT2D eigenvalue weighted by atomic mass is 16.4. The maximum Gasteiger partial charge on any atom is 0.335 e. The van der Waals surface area contributed by atoms with Crippen LogP contribution in [0.2, 0.25) is 0 Å². The lowest BCUT2D eigenvalue weighted by molar-refractivity contribution is 0.0697. The minimum Gasteiger partial charge on any atom is -0.478 e. The van der Waals surface area contributed by atoms with E-state index >= 15 is 0 Å². The average molecular weight is 229 g/mol. The molecule has 0 saturated heterocycles. The van der Waals surface area contributed by atoms with Crippen LogP contribution in [-0.2, 0) is 0 Å². The van der Waals surface area contributed by atoms with Crippen molar-refractivity contribution in [3.8, 4) is 11.3 Å². The van der Waals surface area contributed by atoms with Crippen LogP contribution in [0.25, 0.3) is 11.3 Å². The molecule has 1 heterocycles. The Morgan fingerprint density at radius 1 is 1.29 bits per heavy atom. The SMILES string of the molecule is Cc1cc(-c2cccc(C(=O)O)c2)nc(N)n1. The molecule has 0 aliphatic carbocycles. The molecule has 86 valence electrons. The molecule has 3 N–H and O–H groups in total. The van der Waals surface area contributed by atoms with Crippen molar-refractivity contribution >= 4 is 11.9 Å². The number of benzene rings is 1. The summed E-state index contributed by atoms with van der Waals surface area (Å²) in [6, 6.07) is 8.31. The molecule has 0 bridgehead atoms. The van der Waals surface area contributed by atoms with E-state index in [9.17, 15) is 4.79 Å². The van der Waals surface area contributed by atoms with Crippen LogP contribution in [0.1, 0.15) is 16.1 Å². The van der Waals surface area contributed by atoms with Gasteiger partial charge in [0.2, 0.25) is 5.95 Å². The van der Waals surface area contributed by atoms with Crippen molar-refractivity contribution in [3.05, 3.63) is 41.6 Å². The molecule has 0 unspecified atom stereocenters. The number of aromatic carboxylic acids is 1. The van der Waals surface area contributed by atoms with Crippen LogP contribution in [0.5, 0.6) is 0 Å². The summed E-state index contributed by atoms with van der Waals surface area (Å²) in [5, 5.41) is 8.91. The van der Waals surface area contributed by atoms with Gasteiger partial charge in [-0.2, -0.15) is 0 Å². The van der Waals surface area contributed by atoms with E-state index in [0.29, 0.717) is 11.3 Å². The van der Waals surface area contributed by atoms with Gasteiger partial charge < -0.3 is 10.8 Å². The summed E-state index contributed by atoms with van der Waals surface area (Å²) in [5.74, 6) is -0.786. The van der Waals surface area contributed by atoms with E-state index in [-0.39, 0.29) is 11.5 Å². The highest BCUT2D eigenvalue weighted by molar-refractivity contribution is 5.89. The Morgan fingerprint density at radius 3 is 2.71 bits per heavy atom. The molecule has 0 aliphatic heterocycles. The van der Waals surface area contributed by atoms with Crippen molar-refractivity contribution in [2.75, 3.05) is 5.73 Å². The molecule has 5 nitrogen and oxygen atoms in total. The molecule has 2 aromatic rings. The first-order chi connectivity index (χ1) is 8.06. The van der Waals surface area contributed by atoms with Gasteiger partial charge in [0.1, 0.15) is 0 Å². The van der Waals surface area contributed by atoms with E-state index in [4.69, 9.17) is 10.8 Å². The molecular formula is C12H11N3O2.